The number of benzene rings is 2. The summed E-state index contributed by atoms with van der Waals surface area (Å²) in [5.74, 6) is 1.29. The van der Waals surface area contributed by atoms with Crippen molar-refractivity contribution in [2.45, 2.75) is 58.0 Å². The Morgan fingerprint density at radius 1 is 1.00 bits per heavy atom. The Bertz CT molecular complexity index is 775. The van der Waals surface area contributed by atoms with Crippen LogP contribution < -0.4 is 5.53 Å². The summed E-state index contributed by atoms with van der Waals surface area (Å²) in [5.41, 5.74) is 8.27. The van der Waals surface area contributed by atoms with E-state index in [-0.39, 0.29) is 6.17 Å². The predicted octanol–water partition coefficient (Wildman–Crippen LogP) is 6.24. The van der Waals surface area contributed by atoms with Crippen molar-refractivity contribution in [1.82, 2.24) is 10.5 Å². The lowest BCUT2D eigenvalue weighted by Crippen LogP contribution is -2.35. The van der Waals surface area contributed by atoms with Gasteiger partial charge in [-0.25, -0.2) is 5.53 Å². The minimum absolute atomic E-state index is 0.0679. The van der Waals surface area contributed by atoms with E-state index in [1.165, 1.54) is 54.4 Å². The van der Waals surface area contributed by atoms with E-state index < -0.39 is 0 Å². The summed E-state index contributed by atoms with van der Waals surface area (Å²) in [6.45, 7) is 5.34. The molecule has 4 rings (SSSR count). The van der Waals surface area contributed by atoms with Gasteiger partial charge in [0, 0.05) is 12.1 Å². The van der Waals surface area contributed by atoms with Crippen LogP contribution in [-0.2, 0) is 0 Å². The van der Waals surface area contributed by atoms with Crippen LogP contribution in [0.4, 0.5) is 0 Å². The molecule has 1 heterocycles. The van der Waals surface area contributed by atoms with Crippen molar-refractivity contribution < 1.29 is 0 Å². The Labute approximate surface area is 162 Å². The van der Waals surface area contributed by atoms with Crippen molar-refractivity contribution in [3.05, 3.63) is 59.7 Å². The van der Waals surface area contributed by atoms with Crippen molar-refractivity contribution in [2.75, 3.05) is 6.54 Å². The van der Waals surface area contributed by atoms with Crippen molar-refractivity contribution in [1.29, 1.82) is 0 Å². The Morgan fingerprint density at radius 3 is 2.48 bits per heavy atom. The molecular weight excluding hydrogens is 332 g/mol. The Morgan fingerprint density at radius 2 is 1.74 bits per heavy atom. The lowest BCUT2D eigenvalue weighted by atomic mass is 9.83. The van der Waals surface area contributed by atoms with Crippen molar-refractivity contribution in [3.63, 3.8) is 0 Å². The summed E-state index contributed by atoms with van der Waals surface area (Å²) in [6, 6.07) is 17.8. The molecular formula is C23H30N4. The second-order valence-electron chi connectivity index (χ2n) is 8.28. The second-order valence-corrected chi connectivity index (χ2v) is 8.28. The predicted molar refractivity (Wildman–Crippen MR) is 110 cm³/mol. The molecule has 4 heteroatoms. The first-order chi connectivity index (χ1) is 13.2. The maximum atomic E-state index is 4.46. The van der Waals surface area contributed by atoms with E-state index in [0.29, 0.717) is 5.92 Å². The largest absolute Gasteiger partial charge is 0.219 e. The Balaban J connectivity index is 1.60. The summed E-state index contributed by atoms with van der Waals surface area (Å²) in [6.07, 6.45) is 6.77. The number of rotatable bonds is 5. The van der Waals surface area contributed by atoms with Crippen molar-refractivity contribution in [2.24, 2.45) is 16.3 Å². The average Bonchev–Trinajstić information content (AvgIpc) is 3.16. The Kier molecular flexibility index (Phi) is 5.53. The number of hydrazine groups is 1. The third-order valence-electron chi connectivity index (χ3n) is 5.73. The molecule has 1 fully saturated rings. The fourth-order valence-electron chi connectivity index (χ4n) is 4.37. The zero-order valence-electron chi connectivity index (χ0n) is 16.4. The van der Waals surface area contributed by atoms with Crippen LogP contribution in [0.1, 0.15) is 69.2 Å². The third-order valence-corrected chi connectivity index (χ3v) is 5.73. The van der Waals surface area contributed by atoms with Gasteiger partial charge in [-0.3, -0.25) is 0 Å². The molecule has 0 aromatic heterocycles. The molecule has 2 aliphatic rings. The van der Waals surface area contributed by atoms with Gasteiger partial charge in [-0.15, -0.1) is 5.11 Å². The molecule has 2 aromatic rings. The highest BCUT2D eigenvalue weighted by Crippen LogP contribution is 2.36. The van der Waals surface area contributed by atoms with Gasteiger partial charge < -0.3 is 0 Å². The molecule has 27 heavy (non-hydrogen) atoms. The van der Waals surface area contributed by atoms with Gasteiger partial charge in [-0.1, -0.05) is 86.9 Å². The third kappa shape index (κ3) is 4.06. The monoisotopic (exact) mass is 362 g/mol. The topological polar surface area (TPSA) is 40.0 Å². The van der Waals surface area contributed by atoms with Crippen LogP contribution in [0.3, 0.4) is 0 Å². The van der Waals surface area contributed by atoms with E-state index in [2.05, 4.69) is 83.3 Å². The molecule has 0 amide bonds. The molecule has 1 atom stereocenters. The SMILES string of the molecule is CC(C)CN1NN=NC1c1ccccc1-c1ccc(C2CCCCC2)cc1. The number of nitrogens with zero attached hydrogens (tertiary/aromatic N) is 3. The van der Waals surface area contributed by atoms with Gasteiger partial charge in [0.1, 0.15) is 0 Å². The molecule has 1 aliphatic carbocycles. The van der Waals surface area contributed by atoms with Gasteiger partial charge in [0.25, 0.3) is 0 Å². The lowest BCUT2D eigenvalue weighted by Gasteiger charge is -2.25. The minimum atomic E-state index is -0.0679. The summed E-state index contributed by atoms with van der Waals surface area (Å²) in [5, 5.41) is 10.7. The fraction of sp³-hybridized carbons (Fsp3) is 0.478. The molecule has 0 bridgehead atoms. The van der Waals surface area contributed by atoms with Crippen LogP contribution in [0, 0.1) is 5.92 Å². The first-order valence-corrected chi connectivity index (χ1v) is 10.3. The van der Waals surface area contributed by atoms with Crippen molar-refractivity contribution in [3.8, 4) is 11.1 Å². The highest BCUT2D eigenvalue weighted by Gasteiger charge is 2.27. The van der Waals surface area contributed by atoms with Gasteiger partial charge in [0.2, 0.25) is 0 Å². The smallest absolute Gasteiger partial charge is 0.169 e. The molecule has 2 aromatic carbocycles. The number of hydrogen-bond acceptors (Lipinski definition) is 4. The first-order valence-electron chi connectivity index (χ1n) is 10.3. The van der Waals surface area contributed by atoms with Gasteiger partial charge >= 0.3 is 0 Å². The Hall–Kier alpha value is -2.20. The van der Waals surface area contributed by atoms with Crippen LogP contribution in [0.5, 0.6) is 0 Å². The summed E-state index contributed by atoms with van der Waals surface area (Å²) >= 11 is 0. The molecule has 1 aliphatic heterocycles. The van der Waals surface area contributed by atoms with E-state index in [0.717, 1.165) is 12.5 Å². The van der Waals surface area contributed by atoms with Gasteiger partial charge in [-0.2, -0.15) is 5.01 Å². The minimum Gasteiger partial charge on any atom is -0.219 e. The van der Waals surface area contributed by atoms with Gasteiger partial charge in [0.15, 0.2) is 6.17 Å². The zero-order chi connectivity index (χ0) is 18.6. The fourth-order valence-corrected chi connectivity index (χ4v) is 4.37. The molecule has 142 valence electrons. The highest BCUT2D eigenvalue weighted by atomic mass is 15.8. The molecule has 1 unspecified atom stereocenters. The quantitative estimate of drug-likeness (QED) is 0.683. The van der Waals surface area contributed by atoms with E-state index >= 15 is 0 Å². The number of nitrogens with one attached hydrogen (secondary N) is 1. The normalized spacial score (nSPS) is 20.9. The first kappa shape index (κ1) is 18.2. The van der Waals surface area contributed by atoms with Crippen LogP contribution >= 0.6 is 0 Å². The van der Waals surface area contributed by atoms with E-state index in [1.54, 1.807) is 0 Å². The van der Waals surface area contributed by atoms with Crippen LogP contribution in [-0.4, -0.2) is 11.6 Å². The molecule has 0 spiro atoms. The zero-order valence-corrected chi connectivity index (χ0v) is 16.4. The van der Waals surface area contributed by atoms with E-state index in [4.69, 9.17) is 0 Å². The molecule has 0 saturated heterocycles. The van der Waals surface area contributed by atoms with E-state index in [1.807, 2.05) is 0 Å². The number of hydrogen-bond donors (Lipinski definition) is 1. The highest BCUT2D eigenvalue weighted by molar-refractivity contribution is 5.68. The van der Waals surface area contributed by atoms with Gasteiger partial charge in [0.05, 0.1) is 0 Å². The lowest BCUT2D eigenvalue weighted by molar-refractivity contribution is 0.152. The summed E-state index contributed by atoms with van der Waals surface area (Å²) < 4.78 is 0. The molecule has 4 nitrogen and oxygen atoms in total. The maximum absolute atomic E-state index is 4.46. The van der Waals surface area contributed by atoms with Crippen LogP contribution in [0.2, 0.25) is 0 Å². The maximum Gasteiger partial charge on any atom is 0.169 e. The van der Waals surface area contributed by atoms with Crippen molar-refractivity contribution >= 4 is 0 Å². The second kappa shape index (κ2) is 8.22. The molecule has 1 saturated carbocycles. The van der Waals surface area contributed by atoms with Crippen LogP contribution in [0.25, 0.3) is 11.1 Å². The van der Waals surface area contributed by atoms with Gasteiger partial charge in [-0.05, 0) is 41.4 Å². The standard InChI is InChI=1S/C23H30N4/c1-17(2)16-27-23(24-25-26-27)22-11-7-6-10-21(22)20-14-12-19(13-15-20)18-8-4-3-5-9-18/h6-7,10-15,17-18,23H,3-5,8-9,16H2,1-2H3,(H,24,26). The average molecular weight is 363 g/mol. The molecule has 0 radical (unpaired) electrons. The van der Waals surface area contributed by atoms with E-state index in [9.17, 15) is 0 Å². The van der Waals surface area contributed by atoms with Crippen LogP contribution in [0.15, 0.2) is 58.9 Å². The molecule has 1 N–H and O–H groups in total. The summed E-state index contributed by atoms with van der Waals surface area (Å²) in [7, 11) is 0. The summed E-state index contributed by atoms with van der Waals surface area (Å²) in [4.78, 5) is 0.